The number of amides is 1. The van der Waals surface area contributed by atoms with Gasteiger partial charge in [0.15, 0.2) is 0 Å². The molecule has 0 aliphatic rings. The van der Waals surface area contributed by atoms with Crippen LogP contribution in [0.4, 0.5) is 0 Å². The quantitative estimate of drug-likeness (QED) is 0.867. The van der Waals surface area contributed by atoms with Gasteiger partial charge in [0.25, 0.3) is 5.91 Å². The standard InChI is InChI=1S/C18H20BrNO2/c1-12(2)13-8-9-17(21)15(10-13)18(22)20(3)11-14-6-4-5-7-16(14)19/h4-10,12,21H,11H2,1-3H3. The van der Waals surface area contributed by atoms with E-state index in [2.05, 4.69) is 29.8 Å². The molecule has 2 aromatic carbocycles. The first kappa shape index (κ1) is 16.6. The molecule has 22 heavy (non-hydrogen) atoms. The molecule has 0 unspecified atom stereocenters. The fourth-order valence-electron chi connectivity index (χ4n) is 2.24. The molecule has 0 aromatic heterocycles. The van der Waals surface area contributed by atoms with Crippen molar-refractivity contribution in [3.63, 3.8) is 0 Å². The van der Waals surface area contributed by atoms with E-state index >= 15 is 0 Å². The highest BCUT2D eigenvalue weighted by atomic mass is 79.9. The molecule has 0 atom stereocenters. The number of carbonyl (C=O) groups is 1. The van der Waals surface area contributed by atoms with Crippen LogP contribution in [0.3, 0.4) is 0 Å². The number of nitrogens with zero attached hydrogens (tertiary/aromatic N) is 1. The van der Waals surface area contributed by atoms with Gasteiger partial charge in [-0.3, -0.25) is 4.79 Å². The van der Waals surface area contributed by atoms with Gasteiger partial charge in [0.05, 0.1) is 5.56 Å². The molecule has 2 rings (SSSR count). The summed E-state index contributed by atoms with van der Waals surface area (Å²) in [5, 5.41) is 10.00. The Bertz CT molecular complexity index is 683. The van der Waals surface area contributed by atoms with Crippen LogP contribution in [0.1, 0.15) is 41.3 Å². The molecule has 0 fully saturated rings. The first-order valence-corrected chi connectivity index (χ1v) is 8.01. The highest BCUT2D eigenvalue weighted by Crippen LogP contribution is 2.25. The van der Waals surface area contributed by atoms with Crippen molar-refractivity contribution < 1.29 is 9.90 Å². The van der Waals surface area contributed by atoms with E-state index in [-0.39, 0.29) is 11.7 Å². The van der Waals surface area contributed by atoms with E-state index in [0.29, 0.717) is 18.0 Å². The Balaban J connectivity index is 2.24. The minimum atomic E-state index is -0.184. The van der Waals surface area contributed by atoms with E-state index in [1.165, 1.54) is 0 Å². The third-order valence-electron chi connectivity index (χ3n) is 3.63. The van der Waals surface area contributed by atoms with Gasteiger partial charge in [-0.05, 0) is 35.2 Å². The number of halogens is 1. The van der Waals surface area contributed by atoms with Crippen LogP contribution < -0.4 is 0 Å². The van der Waals surface area contributed by atoms with Crippen molar-refractivity contribution in [2.45, 2.75) is 26.3 Å². The van der Waals surface area contributed by atoms with Crippen LogP contribution in [-0.4, -0.2) is 23.0 Å². The van der Waals surface area contributed by atoms with Gasteiger partial charge < -0.3 is 10.0 Å². The molecule has 1 N–H and O–H groups in total. The lowest BCUT2D eigenvalue weighted by molar-refractivity contribution is 0.0781. The molecular weight excluding hydrogens is 342 g/mol. The second-order valence-corrected chi connectivity index (χ2v) is 6.54. The van der Waals surface area contributed by atoms with Crippen LogP contribution in [0.5, 0.6) is 5.75 Å². The SMILES string of the molecule is CC(C)c1ccc(O)c(C(=O)N(C)Cc2ccccc2Br)c1. The van der Waals surface area contributed by atoms with Crippen molar-refractivity contribution in [1.29, 1.82) is 0 Å². The lowest BCUT2D eigenvalue weighted by atomic mass is 9.99. The van der Waals surface area contributed by atoms with Crippen LogP contribution in [0.25, 0.3) is 0 Å². The second kappa shape index (κ2) is 6.97. The number of rotatable bonds is 4. The Morgan fingerprint density at radius 2 is 1.91 bits per heavy atom. The molecular formula is C18H20BrNO2. The molecule has 0 aliphatic carbocycles. The van der Waals surface area contributed by atoms with E-state index < -0.39 is 0 Å². The van der Waals surface area contributed by atoms with Crippen molar-refractivity contribution in [2.24, 2.45) is 0 Å². The summed E-state index contributed by atoms with van der Waals surface area (Å²) < 4.78 is 0.967. The summed E-state index contributed by atoms with van der Waals surface area (Å²) in [6.45, 7) is 4.60. The topological polar surface area (TPSA) is 40.5 Å². The van der Waals surface area contributed by atoms with Crippen molar-refractivity contribution in [3.8, 4) is 5.75 Å². The van der Waals surface area contributed by atoms with Gasteiger partial charge in [0.2, 0.25) is 0 Å². The number of hydrogen-bond acceptors (Lipinski definition) is 2. The third kappa shape index (κ3) is 3.69. The van der Waals surface area contributed by atoms with Crippen molar-refractivity contribution in [2.75, 3.05) is 7.05 Å². The number of hydrogen-bond donors (Lipinski definition) is 1. The first-order valence-electron chi connectivity index (χ1n) is 7.22. The average molecular weight is 362 g/mol. The lowest BCUT2D eigenvalue weighted by Gasteiger charge is -2.19. The molecule has 4 heteroatoms. The number of phenols is 1. The maximum absolute atomic E-state index is 12.6. The minimum Gasteiger partial charge on any atom is -0.507 e. The second-order valence-electron chi connectivity index (χ2n) is 5.68. The summed E-state index contributed by atoms with van der Waals surface area (Å²) in [7, 11) is 1.74. The van der Waals surface area contributed by atoms with E-state index in [0.717, 1.165) is 15.6 Å². The Morgan fingerprint density at radius 1 is 1.23 bits per heavy atom. The highest BCUT2D eigenvalue weighted by Gasteiger charge is 2.18. The maximum atomic E-state index is 12.6. The summed E-state index contributed by atoms with van der Waals surface area (Å²) in [6, 6.07) is 13.0. The number of phenolic OH excluding ortho intramolecular Hbond substituents is 1. The van der Waals surface area contributed by atoms with E-state index in [1.807, 2.05) is 30.3 Å². The Hall–Kier alpha value is -1.81. The Morgan fingerprint density at radius 3 is 2.55 bits per heavy atom. The van der Waals surface area contributed by atoms with Crippen molar-refractivity contribution in [1.82, 2.24) is 4.90 Å². The Kier molecular flexibility index (Phi) is 5.24. The molecule has 0 radical (unpaired) electrons. The molecule has 1 amide bonds. The van der Waals surface area contributed by atoms with Gasteiger partial charge in [-0.25, -0.2) is 0 Å². The van der Waals surface area contributed by atoms with Gasteiger partial charge in [0.1, 0.15) is 5.75 Å². The van der Waals surface area contributed by atoms with Gasteiger partial charge in [-0.1, -0.05) is 54.0 Å². The first-order chi connectivity index (χ1) is 10.4. The zero-order valence-electron chi connectivity index (χ0n) is 13.0. The molecule has 0 bridgehead atoms. The third-order valence-corrected chi connectivity index (χ3v) is 4.40. The molecule has 0 aliphatic heterocycles. The van der Waals surface area contributed by atoms with Gasteiger partial charge >= 0.3 is 0 Å². The monoisotopic (exact) mass is 361 g/mol. The van der Waals surface area contributed by atoms with Gasteiger partial charge in [-0.15, -0.1) is 0 Å². The lowest BCUT2D eigenvalue weighted by Crippen LogP contribution is -2.26. The van der Waals surface area contributed by atoms with Gasteiger partial charge in [-0.2, -0.15) is 0 Å². The van der Waals surface area contributed by atoms with Crippen LogP contribution in [0.2, 0.25) is 0 Å². The highest BCUT2D eigenvalue weighted by molar-refractivity contribution is 9.10. The number of aromatic hydroxyl groups is 1. The summed E-state index contributed by atoms with van der Waals surface area (Å²) in [6.07, 6.45) is 0. The van der Waals surface area contributed by atoms with Crippen LogP contribution in [0, 0.1) is 0 Å². The van der Waals surface area contributed by atoms with Crippen LogP contribution >= 0.6 is 15.9 Å². The van der Waals surface area contributed by atoms with E-state index in [9.17, 15) is 9.90 Å². The van der Waals surface area contributed by atoms with Crippen molar-refractivity contribution >= 4 is 21.8 Å². The fourth-order valence-corrected chi connectivity index (χ4v) is 2.65. The molecule has 0 spiro atoms. The average Bonchev–Trinajstić information content (AvgIpc) is 2.49. The molecule has 116 valence electrons. The van der Waals surface area contributed by atoms with Crippen molar-refractivity contribution in [3.05, 3.63) is 63.6 Å². The fraction of sp³-hybridized carbons (Fsp3) is 0.278. The normalized spacial score (nSPS) is 10.8. The molecule has 3 nitrogen and oxygen atoms in total. The van der Waals surface area contributed by atoms with Crippen LogP contribution in [0.15, 0.2) is 46.9 Å². The smallest absolute Gasteiger partial charge is 0.257 e. The van der Waals surface area contributed by atoms with Crippen LogP contribution in [-0.2, 0) is 6.54 Å². The number of benzene rings is 2. The summed E-state index contributed by atoms with van der Waals surface area (Å²) >= 11 is 3.49. The zero-order valence-corrected chi connectivity index (χ0v) is 14.6. The predicted octanol–water partition coefficient (Wildman–Crippen LogP) is 4.55. The van der Waals surface area contributed by atoms with E-state index in [4.69, 9.17) is 0 Å². The minimum absolute atomic E-state index is 0.0216. The molecule has 0 saturated heterocycles. The maximum Gasteiger partial charge on any atom is 0.257 e. The van der Waals surface area contributed by atoms with E-state index in [1.54, 1.807) is 24.1 Å². The summed E-state index contributed by atoms with van der Waals surface area (Å²) in [5.41, 5.74) is 2.41. The summed E-state index contributed by atoms with van der Waals surface area (Å²) in [4.78, 5) is 14.2. The van der Waals surface area contributed by atoms with Gasteiger partial charge in [0, 0.05) is 18.1 Å². The largest absolute Gasteiger partial charge is 0.507 e. The Labute approximate surface area is 139 Å². The molecule has 2 aromatic rings. The summed E-state index contributed by atoms with van der Waals surface area (Å²) in [5.74, 6) is 0.143. The molecule has 0 saturated carbocycles. The number of carbonyl (C=O) groups excluding carboxylic acids is 1. The predicted molar refractivity (Wildman–Crippen MR) is 92.1 cm³/mol. The molecule has 0 heterocycles. The zero-order chi connectivity index (χ0) is 16.3.